The van der Waals surface area contributed by atoms with Crippen molar-refractivity contribution in [1.82, 2.24) is 0 Å². The van der Waals surface area contributed by atoms with Crippen molar-refractivity contribution >= 4 is 54.8 Å². The van der Waals surface area contributed by atoms with Crippen LogP contribution in [0.3, 0.4) is 0 Å². The Morgan fingerprint density at radius 3 is 2.55 bits per heavy atom. The summed E-state index contributed by atoms with van der Waals surface area (Å²) >= 11 is 4.89. The van der Waals surface area contributed by atoms with Crippen LogP contribution >= 0.6 is 27.3 Å². The monoisotopic (exact) mass is 399 g/mol. The number of anilines is 1. The van der Waals surface area contributed by atoms with Gasteiger partial charge in [0, 0.05) is 26.0 Å². The van der Waals surface area contributed by atoms with E-state index in [1.807, 2.05) is 11.4 Å². The number of ketones is 1. The fourth-order valence-electron chi connectivity index (χ4n) is 1.62. The lowest BCUT2D eigenvalue weighted by Gasteiger charge is -2.05. The summed E-state index contributed by atoms with van der Waals surface area (Å²) in [5, 5.41) is 1.94. The Hall–Kier alpha value is -1.44. The van der Waals surface area contributed by atoms with E-state index in [1.54, 1.807) is 37.3 Å². The molecule has 0 bridgehead atoms. The molecule has 0 unspecified atom stereocenters. The summed E-state index contributed by atoms with van der Waals surface area (Å²) in [5.74, 6) is -0.123. The fourth-order valence-corrected chi connectivity index (χ4v) is 3.60. The van der Waals surface area contributed by atoms with Gasteiger partial charge < -0.3 is 0 Å². The SMILES string of the molecule is CCS(=O)(=O)Nc1ccc(C(=O)/C=C/c2cc(Br)cs2)cc1. The van der Waals surface area contributed by atoms with E-state index in [0.29, 0.717) is 11.3 Å². The van der Waals surface area contributed by atoms with E-state index in [-0.39, 0.29) is 11.5 Å². The molecule has 0 amide bonds. The molecule has 1 N–H and O–H groups in total. The van der Waals surface area contributed by atoms with Crippen LogP contribution in [0.5, 0.6) is 0 Å². The summed E-state index contributed by atoms with van der Waals surface area (Å²) in [5.41, 5.74) is 0.955. The summed E-state index contributed by atoms with van der Waals surface area (Å²) in [7, 11) is -3.30. The first-order valence-electron chi connectivity index (χ1n) is 6.46. The van der Waals surface area contributed by atoms with Crippen LogP contribution < -0.4 is 4.72 Å². The highest BCUT2D eigenvalue weighted by Gasteiger charge is 2.07. The third-order valence-electron chi connectivity index (χ3n) is 2.81. The second-order valence-corrected chi connectivity index (χ2v) is 8.32. The van der Waals surface area contributed by atoms with Crippen LogP contribution in [0.1, 0.15) is 22.2 Å². The first-order chi connectivity index (χ1) is 10.4. The smallest absolute Gasteiger partial charge is 0.232 e. The molecule has 22 heavy (non-hydrogen) atoms. The Labute approximate surface area is 142 Å². The van der Waals surface area contributed by atoms with Gasteiger partial charge in [-0.15, -0.1) is 11.3 Å². The number of nitrogens with one attached hydrogen (secondary N) is 1. The number of halogens is 1. The number of sulfonamides is 1. The Morgan fingerprint density at radius 1 is 1.32 bits per heavy atom. The average molecular weight is 400 g/mol. The van der Waals surface area contributed by atoms with E-state index in [2.05, 4.69) is 20.7 Å². The van der Waals surface area contributed by atoms with Gasteiger partial charge in [0.2, 0.25) is 10.0 Å². The summed E-state index contributed by atoms with van der Waals surface area (Å²) in [6.07, 6.45) is 3.26. The van der Waals surface area contributed by atoms with Gasteiger partial charge >= 0.3 is 0 Å². The van der Waals surface area contributed by atoms with E-state index in [0.717, 1.165) is 9.35 Å². The molecule has 1 aromatic carbocycles. The molecule has 0 aliphatic heterocycles. The van der Waals surface area contributed by atoms with Crippen molar-refractivity contribution < 1.29 is 13.2 Å². The van der Waals surface area contributed by atoms with Gasteiger partial charge in [0.25, 0.3) is 0 Å². The Kier molecular flexibility index (Phi) is 5.55. The second-order valence-electron chi connectivity index (χ2n) is 4.45. The molecule has 0 aliphatic rings. The minimum absolute atomic E-state index is 0.00674. The maximum absolute atomic E-state index is 12.0. The fraction of sp³-hybridized carbons (Fsp3) is 0.133. The van der Waals surface area contributed by atoms with Gasteiger partial charge in [-0.3, -0.25) is 9.52 Å². The maximum Gasteiger partial charge on any atom is 0.232 e. The van der Waals surface area contributed by atoms with Crippen molar-refractivity contribution in [1.29, 1.82) is 0 Å². The maximum atomic E-state index is 12.0. The van der Waals surface area contributed by atoms with Gasteiger partial charge in [-0.05, 0) is 65.3 Å². The van der Waals surface area contributed by atoms with E-state index in [4.69, 9.17) is 0 Å². The number of allylic oxidation sites excluding steroid dienone is 1. The molecule has 0 atom stereocenters. The predicted octanol–water partition coefficient (Wildman–Crippen LogP) is 4.17. The average Bonchev–Trinajstić information content (AvgIpc) is 2.91. The van der Waals surface area contributed by atoms with Gasteiger partial charge in [0.05, 0.1) is 5.75 Å². The minimum atomic E-state index is -3.30. The number of rotatable bonds is 6. The lowest BCUT2D eigenvalue weighted by Crippen LogP contribution is -2.14. The molecule has 2 rings (SSSR count). The normalized spacial score (nSPS) is 11.7. The van der Waals surface area contributed by atoms with Crippen molar-refractivity contribution in [3.05, 3.63) is 56.7 Å². The van der Waals surface area contributed by atoms with E-state index in [1.165, 1.54) is 17.4 Å². The number of carbonyl (C=O) groups is 1. The van der Waals surface area contributed by atoms with Crippen molar-refractivity contribution in [3.8, 4) is 0 Å². The molecule has 1 aromatic heterocycles. The standard InChI is InChI=1S/C15H14BrNO3S2/c1-2-22(19,20)17-13-5-3-11(4-6-13)15(18)8-7-14-9-12(16)10-21-14/h3-10,17H,2H2,1H3/b8-7+. The molecule has 0 aliphatic carbocycles. The highest BCUT2D eigenvalue weighted by Crippen LogP contribution is 2.21. The predicted molar refractivity (Wildman–Crippen MR) is 94.9 cm³/mol. The molecular weight excluding hydrogens is 386 g/mol. The molecular formula is C15H14BrNO3S2. The summed E-state index contributed by atoms with van der Waals surface area (Å²) in [6, 6.07) is 8.29. The molecule has 116 valence electrons. The number of carbonyl (C=O) groups excluding carboxylic acids is 1. The van der Waals surface area contributed by atoms with Crippen molar-refractivity contribution in [2.45, 2.75) is 6.92 Å². The largest absolute Gasteiger partial charge is 0.289 e. The quantitative estimate of drug-likeness (QED) is 0.585. The molecule has 4 nitrogen and oxygen atoms in total. The summed E-state index contributed by atoms with van der Waals surface area (Å²) < 4.78 is 26.3. The molecule has 0 radical (unpaired) electrons. The molecule has 7 heteroatoms. The van der Waals surface area contributed by atoms with E-state index < -0.39 is 10.0 Å². The van der Waals surface area contributed by atoms with Crippen LogP contribution in [0.4, 0.5) is 5.69 Å². The lowest BCUT2D eigenvalue weighted by atomic mass is 10.1. The third-order valence-corrected chi connectivity index (χ3v) is 5.78. The number of benzene rings is 1. The number of thiophene rings is 1. The molecule has 1 heterocycles. The molecule has 0 saturated heterocycles. The Bertz CT molecular complexity index is 792. The highest BCUT2D eigenvalue weighted by atomic mass is 79.9. The zero-order valence-electron chi connectivity index (χ0n) is 11.7. The van der Waals surface area contributed by atoms with Crippen LogP contribution in [0, 0.1) is 0 Å². The van der Waals surface area contributed by atoms with Crippen LogP contribution in [-0.2, 0) is 10.0 Å². The Balaban J connectivity index is 2.06. The lowest BCUT2D eigenvalue weighted by molar-refractivity contribution is 0.104. The zero-order valence-corrected chi connectivity index (χ0v) is 15.0. The summed E-state index contributed by atoms with van der Waals surface area (Å²) in [4.78, 5) is 13.0. The van der Waals surface area contributed by atoms with E-state index in [9.17, 15) is 13.2 Å². The molecule has 2 aromatic rings. The van der Waals surface area contributed by atoms with Gasteiger partial charge in [-0.1, -0.05) is 0 Å². The van der Waals surface area contributed by atoms with Gasteiger partial charge in [-0.25, -0.2) is 8.42 Å². The first-order valence-corrected chi connectivity index (χ1v) is 9.79. The molecule has 0 saturated carbocycles. The molecule has 0 fully saturated rings. The van der Waals surface area contributed by atoms with Gasteiger partial charge in [0.15, 0.2) is 5.78 Å². The highest BCUT2D eigenvalue weighted by molar-refractivity contribution is 9.10. The van der Waals surface area contributed by atoms with Crippen molar-refractivity contribution in [3.63, 3.8) is 0 Å². The van der Waals surface area contributed by atoms with Crippen LogP contribution in [0.25, 0.3) is 6.08 Å². The molecule has 0 spiro atoms. The van der Waals surface area contributed by atoms with Crippen molar-refractivity contribution in [2.24, 2.45) is 0 Å². The number of hydrogen-bond donors (Lipinski definition) is 1. The van der Waals surface area contributed by atoms with Gasteiger partial charge in [-0.2, -0.15) is 0 Å². The van der Waals surface area contributed by atoms with E-state index >= 15 is 0 Å². The third kappa shape index (κ3) is 4.79. The topological polar surface area (TPSA) is 63.2 Å². The van der Waals surface area contributed by atoms with Crippen LogP contribution in [0.15, 0.2) is 46.3 Å². The zero-order chi connectivity index (χ0) is 16.2. The summed E-state index contributed by atoms with van der Waals surface area (Å²) in [6.45, 7) is 1.56. The minimum Gasteiger partial charge on any atom is -0.289 e. The first kappa shape index (κ1) is 16.9. The van der Waals surface area contributed by atoms with Crippen LogP contribution in [0.2, 0.25) is 0 Å². The van der Waals surface area contributed by atoms with Gasteiger partial charge in [0.1, 0.15) is 0 Å². The van der Waals surface area contributed by atoms with Crippen molar-refractivity contribution in [2.75, 3.05) is 10.5 Å². The van der Waals surface area contributed by atoms with Crippen LogP contribution in [-0.4, -0.2) is 20.0 Å². The second kappa shape index (κ2) is 7.21. The number of hydrogen-bond acceptors (Lipinski definition) is 4. The Morgan fingerprint density at radius 2 is 2.00 bits per heavy atom.